The van der Waals surface area contributed by atoms with E-state index in [0.29, 0.717) is 33.8 Å². The summed E-state index contributed by atoms with van der Waals surface area (Å²) in [6, 6.07) is 21.2. The van der Waals surface area contributed by atoms with Crippen LogP contribution in [0.2, 0.25) is 5.02 Å². The molecule has 6 unspecified atom stereocenters. The molecule has 4 amide bonds. The molecule has 3 fully saturated rings. The van der Waals surface area contributed by atoms with Crippen LogP contribution in [0.4, 0.5) is 15.8 Å². The lowest BCUT2D eigenvalue weighted by atomic mass is 9.52. The molecule has 2 aliphatic heterocycles. The Balaban J connectivity index is 1.09. The third-order valence-corrected chi connectivity index (χ3v) is 12.4. The number of phenols is 1. The fourth-order valence-electron chi connectivity index (χ4n) is 9.31. The highest BCUT2D eigenvalue weighted by Gasteiger charge is 2.67. The Morgan fingerprint density at radius 3 is 2.28 bits per heavy atom. The SMILES string of the molecule is COc1cc(C=CC2C3=CCC4C(=O)N(c5ccc(-c6nc7ccccc7o6)cc5)C(=O)C4C3CC3C(=O)N(c4ccc(F)c(Cl)c4)C(=O)C23C)cc(OC)c1O. The summed E-state index contributed by atoms with van der Waals surface area (Å²) in [7, 11) is 2.83. The molecule has 3 heterocycles. The van der Waals surface area contributed by atoms with E-state index < -0.39 is 52.6 Å². The summed E-state index contributed by atoms with van der Waals surface area (Å²) in [4.78, 5) is 64.7. The third-order valence-electron chi connectivity index (χ3n) is 12.2. The molecule has 1 saturated carbocycles. The second-order valence-electron chi connectivity index (χ2n) is 15.0. The lowest BCUT2D eigenvalue weighted by Gasteiger charge is -2.47. The van der Waals surface area contributed by atoms with Gasteiger partial charge in [0.1, 0.15) is 11.3 Å². The number of para-hydroxylation sites is 2. The van der Waals surface area contributed by atoms with Crippen molar-refractivity contribution in [2.24, 2.45) is 35.0 Å². The average Bonchev–Trinajstić information content (AvgIpc) is 3.82. The van der Waals surface area contributed by atoms with Crippen molar-refractivity contribution in [2.75, 3.05) is 24.0 Å². The van der Waals surface area contributed by atoms with Gasteiger partial charge < -0.3 is 19.0 Å². The smallest absolute Gasteiger partial charge is 0.241 e. The van der Waals surface area contributed by atoms with Crippen LogP contribution in [0.1, 0.15) is 25.3 Å². The number of benzene rings is 4. The number of aromatic nitrogens is 1. The monoisotopic (exact) mass is 787 g/mol. The first kappa shape index (κ1) is 36.4. The molecule has 9 rings (SSSR count). The first-order chi connectivity index (χ1) is 27.4. The van der Waals surface area contributed by atoms with Gasteiger partial charge in [-0.1, -0.05) is 47.5 Å². The number of hydrogen-bond acceptors (Lipinski definition) is 9. The molecule has 2 aliphatic carbocycles. The van der Waals surface area contributed by atoms with Gasteiger partial charge in [0.25, 0.3) is 0 Å². The molecule has 0 bridgehead atoms. The topological polar surface area (TPSA) is 139 Å². The highest BCUT2D eigenvalue weighted by molar-refractivity contribution is 6.32. The number of carbonyl (C=O) groups excluding carboxylic acids is 4. The predicted octanol–water partition coefficient (Wildman–Crippen LogP) is 7.99. The number of methoxy groups -OCH3 is 2. The minimum Gasteiger partial charge on any atom is -0.502 e. The van der Waals surface area contributed by atoms with E-state index in [1.165, 1.54) is 31.3 Å². The number of aromatic hydroxyl groups is 1. The van der Waals surface area contributed by atoms with Gasteiger partial charge in [-0.05, 0) is 98.0 Å². The summed E-state index contributed by atoms with van der Waals surface area (Å²) < 4.78 is 30.9. The van der Waals surface area contributed by atoms with Crippen LogP contribution in [0.5, 0.6) is 17.2 Å². The fraction of sp³-hybridized carbons (Fsp3) is 0.250. The first-order valence-electron chi connectivity index (χ1n) is 18.4. The van der Waals surface area contributed by atoms with Gasteiger partial charge in [-0.3, -0.25) is 24.1 Å². The molecule has 11 nitrogen and oxygen atoms in total. The van der Waals surface area contributed by atoms with Crippen molar-refractivity contribution < 1.29 is 42.6 Å². The maximum atomic E-state index is 14.7. The van der Waals surface area contributed by atoms with Crippen molar-refractivity contribution in [3.05, 3.63) is 113 Å². The van der Waals surface area contributed by atoms with Crippen LogP contribution in [0, 0.1) is 40.8 Å². The summed E-state index contributed by atoms with van der Waals surface area (Å²) in [6.45, 7) is 1.74. The number of halogens is 2. The lowest BCUT2D eigenvalue weighted by molar-refractivity contribution is -0.132. The first-order valence-corrected chi connectivity index (χ1v) is 18.8. The molecule has 4 aliphatic rings. The number of phenolic OH excluding ortho intramolecular Hbond substituents is 1. The van der Waals surface area contributed by atoms with Crippen molar-refractivity contribution in [3.63, 3.8) is 0 Å². The number of rotatable bonds is 7. The summed E-state index contributed by atoms with van der Waals surface area (Å²) in [5.41, 5.74) is 2.59. The van der Waals surface area contributed by atoms with Gasteiger partial charge in [-0.15, -0.1) is 0 Å². The predicted molar refractivity (Wildman–Crippen MR) is 209 cm³/mol. The molecule has 6 atom stereocenters. The number of nitrogens with zero attached hydrogens (tertiary/aromatic N) is 3. The van der Waals surface area contributed by atoms with Crippen LogP contribution in [-0.4, -0.2) is 47.9 Å². The van der Waals surface area contributed by atoms with E-state index in [1.807, 2.05) is 36.4 Å². The van der Waals surface area contributed by atoms with Crippen LogP contribution in [0.15, 0.2) is 101 Å². The van der Waals surface area contributed by atoms with Crippen molar-refractivity contribution in [1.82, 2.24) is 4.98 Å². The molecule has 2 saturated heterocycles. The normalized spacial score (nSPS) is 25.6. The Labute approximate surface area is 330 Å². The Morgan fingerprint density at radius 1 is 0.895 bits per heavy atom. The van der Waals surface area contributed by atoms with Gasteiger partial charge in [-0.25, -0.2) is 14.3 Å². The summed E-state index contributed by atoms with van der Waals surface area (Å²) in [5.74, 6) is -5.48. The van der Waals surface area contributed by atoms with Gasteiger partial charge in [0, 0.05) is 11.5 Å². The number of hydrogen-bond donors (Lipinski definition) is 1. The van der Waals surface area contributed by atoms with Gasteiger partial charge in [0.05, 0.1) is 53.8 Å². The summed E-state index contributed by atoms with van der Waals surface area (Å²) in [5, 5.41) is 10.3. The van der Waals surface area contributed by atoms with Crippen LogP contribution in [0.25, 0.3) is 28.6 Å². The molecule has 0 spiro atoms. The Kier molecular flexibility index (Phi) is 8.58. The zero-order valence-corrected chi connectivity index (χ0v) is 31.7. The zero-order valence-electron chi connectivity index (χ0n) is 30.9. The second kappa shape index (κ2) is 13.4. The van der Waals surface area contributed by atoms with E-state index in [1.54, 1.807) is 49.4 Å². The van der Waals surface area contributed by atoms with Crippen LogP contribution >= 0.6 is 11.6 Å². The van der Waals surface area contributed by atoms with E-state index in [4.69, 9.17) is 25.5 Å². The number of fused-ring (bicyclic) bond motifs is 5. The van der Waals surface area contributed by atoms with E-state index >= 15 is 0 Å². The Hall–Kier alpha value is -6.27. The number of carbonyl (C=O) groups is 4. The van der Waals surface area contributed by atoms with Gasteiger partial charge in [0.2, 0.25) is 35.3 Å². The Morgan fingerprint density at radius 2 is 1.60 bits per heavy atom. The highest BCUT2D eigenvalue weighted by Crippen LogP contribution is 2.61. The number of anilines is 2. The fourth-order valence-corrected chi connectivity index (χ4v) is 9.48. The minimum atomic E-state index is -1.33. The number of allylic oxidation sites excluding steroid dienone is 3. The second-order valence-corrected chi connectivity index (χ2v) is 15.4. The highest BCUT2D eigenvalue weighted by atomic mass is 35.5. The molecular formula is C44H35ClFN3O8. The van der Waals surface area contributed by atoms with E-state index in [2.05, 4.69) is 4.98 Å². The standard InChI is InChI=1S/C44H35ClFN3O8/c1-44-29(16-8-22-18-35(55-2)38(50)36(19-22)56-3)26-14-15-27-37(28(26)21-30(44)41(52)49(43(44)54)25-13-17-32(46)31(45)20-25)42(53)48(40(27)51)24-11-9-23(10-12-24)39-47-33-6-4-5-7-34(33)57-39/h4-14,16-20,27-30,37,50H,15,21H2,1-3H3. The molecule has 57 heavy (non-hydrogen) atoms. The summed E-state index contributed by atoms with van der Waals surface area (Å²) in [6.07, 6.45) is 5.92. The van der Waals surface area contributed by atoms with Crippen molar-refractivity contribution in [1.29, 1.82) is 0 Å². The minimum absolute atomic E-state index is 0.133. The van der Waals surface area contributed by atoms with Crippen LogP contribution < -0.4 is 19.3 Å². The zero-order chi connectivity index (χ0) is 39.9. The molecular weight excluding hydrogens is 753 g/mol. The van der Waals surface area contributed by atoms with Crippen LogP contribution in [0.3, 0.4) is 0 Å². The average molecular weight is 788 g/mol. The van der Waals surface area contributed by atoms with E-state index in [9.17, 15) is 28.7 Å². The number of ether oxygens (including phenoxy) is 2. The van der Waals surface area contributed by atoms with Gasteiger partial charge in [-0.2, -0.15) is 0 Å². The quantitative estimate of drug-likeness (QED) is 0.128. The van der Waals surface area contributed by atoms with Crippen molar-refractivity contribution in [3.8, 4) is 28.7 Å². The maximum Gasteiger partial charge on any atom is 0.241 e. The molecule has 4 aromatic carbocycles. The number of amides is 4. The van der Waals surface area contributed by atoms with Gasteiger partial charge in [0.15, 0.2) is 17.1 Å². The van der Waals surface area contributed by atoms with E-state index in [-0.39, 0.29) is 52.6 Å². The largest absolute Gasteiger partial charge is 0.502 e. The number of oxazole rings is 1. The maximum absolute atomic E-state index is 14.7. The van der Waals surface area contributed by atoms with Gasteiger partial charge >= 0.3 is 0 Å². The molecule has 1 aromatic heterocycles. The van der Waals surface area contributed by atoms with Crippen LogP contribution in [-0.2, 0) is 19.2 Å². The Bertz CT molecular complexity index is 2540. The van der Waals surface area contributed by atoms with Crippen molar-refractivity contribution in [2.45, 2.75) is 19.8 Å². The van der Waals surface area contributed by atoms with E-state index in [0.717, 1.165) is 16.5 Å². The molecule has 13 heteroatoms. The molecule has 1 N–H and O–H groups in total. The summed E-state index contributed by atoms with van der Waals surface area (Å²) >= 11 is 6.13. The molecule has 288 valence electrons. The third kappa shape index (κ3) is 5.48. The lowest BCUT2D eigenvalue weighted by Crippen LogP contribution is -2.49. The molecule has 0 radical (unpaired) electrons. The molecule has 5 aromatic rings. The van der Waals surface area contributed by atoms with Crippen molar-refractivity contribution >= 4 is 63.8 Å². The number of imide groups is 2.